The highest BCUT2D eigenvalue weighted by Gasteiger charge is 2.36. The third-order valence-electron chi connectivity index (χ3n) is 1.74. The van der Waals surface area contributed by atoms with E-state index in [-0.39, 0.29) is 6.29 Å². The second-order valence-corrected chi connectivity index (χ2v) is 7.61. The standard InChI is InChI=1S/C5H13O14P3/c6-1-4(18-20(9,10)11)5(8)3(7)2-17-22(15,16)19-21(12,13)14/h1,3-5,7-8H,2H2,(H,15,16)(H2,9,10,11)(H2,12,13,14)/t3-,4+,5-/m1/s1. The largest absolute Gasteiger partial charge is 0.481 e. The Hall–Kier alpha value is -0.0400. The van der Waals surface area contributed by atoms with Gasteiger partial charge < -0.3 is 39.5 Å². The van der Waals surface area contributed by atoms with E-state index in [0.29, 0.717) is 0 Å². The third-order valence-corrected chi connectivity index (χ3v) is 4.41. The van der Waals surface area contributed by atoms with Crippen molar-refractivity contribution in [3.05, 3.63) is 0 Å². The van der Waals surface area contributed by atoms with Gasteiger partial charge in [0.25, 0.3) is 0 Å². The molecule has 14 nitrogen and oxygen atoms in total. The van der Waals surface area contributed by atoms with Gasteiger partial charge in [-0.25, -0.2) is 13.7 Å². The molecule has 1 unspecified atom stereocenters. The van der Waals surface area contributed by atoms with E-state index < -0.39 is 48.4 Å². The average Bonchev–Trinajstić information content (AvgIpc) is 2.28. The second-order valence-electron chi connectivity index (χ2n) is 3.59. The number of hydrogen-bond donors (Lipinski definition) is 7. The van der Waals surface area contributed by atoms with Crippen LogP contribution in [-0.4, -0.2) is 65.9 Å². The van der Waals surface area contributed by atoms with Crippen molar-refractivity contribution < 1.29 is 66.5 Å². The molecule has 0 aliphatic rings. The van der Waals surface area contributed by atoms with Gasteiger partial charge >= 0.3 is 23.5 Å². The van der Waals surface area contributed by atoms with Crippen molar-refractivity contribution in [3.63, 3.8) is 0 Å². The van der Waals surface area contributed by atoms with Crippen LogP contribution in [0.1, 0.15) is 0 Å². The van der Waals surface area contributed by atoms with Gasteiger partial charge in [-0.15, -0.1) is 0 Å². The molecule has 0 amide bonds. The topological polar surface area (TPSA) is 238 Å². The molecule has 0 bridgehead atoms. The third kappa shape index (κ3) is 9.87. The summed E-state index contributed by atoms with van der Waals surface area (Å²) in [5, 5.41) is 18.7. The zero-order chi connectivity index (χ0) is 17.8. The fourth-order valence-corrected chi connectivity index (χ4v) is 3.07. The van der Waals surface area contributed by atoms with E-state index in [4.69, 9.17) is 24.5 Å². The first-order valence-corrected chi connectivity index (χ1v) is 9.52. The van der Waals surface area contributed by atoms with Crippen molar-refractivity contribution in [3.8, 4) is 0 Å². The van der Waals surface area contributed by atoms with Crippen LogP contribution in [0, 0.1) is 0 Å². The number of carbonyl (C=O) groups excluding carboxylic acids is 1. The van der Waals surface area contributed by atoms with Crippen LogP contribution < -0.4 is 0 Å². The molecule has 4 atom stereocenters. The lowest BCUT2D eigenvalue weighted by molar-refractivity contribution is -0.126. The normalized spacial score (nSPS) is 20.0. The molecule has 0 aliphatic carbocycles. The molecule has 17 heteroatoms. The molecule has 0 heterocycles. The molecule has 0 aliphatic heterocycles. The summed E-state index contributed by atoms with van der Waals surface area (Å²) in [6, 6.07) is 0. The smallest absolute Gasteiger partial charge is 0.388 e. The van der Waals surface area contributed by atoms with E-state index in [2.05, 4.69) is 13.4 Å². The van der Waals surface area contributed by atoms with Gasteiger partial charge in [-0.05, 0) is 0 Å². The lowest BCUT2D eigenvalue weighted by Gasteiger charge is -2.23. The minimum absolute atomic E-state index is 0.266. The highest BCUT2D eigenvalue weighted by atomic mass is 31.3. The lowest BCUT2D eigenvalue weighted by Crippen LogP contribution is -2.41. The summed E-state index contributed by atoms with van der Waals surface area (Å²) in [6.45, 7) is -1.29. The van der Waals surface area contributed by atoms with Gasteiger partial charge in [0.2, 0.25) is 0 Å². The second kappa shape index (κ2) is 8.18. The van der Waals surface area contributed by atoms with E-state index in [1.165, 1.54) is 0 Å². The van der Waals surface area contributed by atoms with Crippen LogP contribution in [0.5, 0.6) is 0 Å². The van der Waals surface area contributed by atoms with E-state index >= 15 is 0 Å². The molecular weight excluding hydrogens is 377 g/mol. The summed E-state index contributed by atoms with van der Waals surface area (Å²) in [5.74, 6) is 0. The molecule has 0 rings (SSSR count). The Kier molecular flexibility index (Phi) is 8.16. The molecule has 7 N–H and O–H groups in total. The van der Waals surface area contributed by atoms with Crippen LogP contribution in [0.3, 0.4) is 0 Å². The Labute approximate surface area is 122 Å². The van der Waals surface area contributed by atoms with Gasteiger partial charge in [0.1, 0.15) is 12.2 Å². The van der Waals surface area contributed by atoms with Gasteiger partial charge in [0.15, 0.2) is 12.4 Å². The molecule has 132 valence electrons. The lowest BCUT2D eigenvalue weighted by atomic mass is 10.1. The van der Waals surface area contributed by atoms with Crippen molar-refractivity contribution >= 4 is 29.8 Å². The van der Waals surface area contributed by atoms with Crippen LogP contribution in [0.2, 0.25) is 0 Å². The first kappa shape index (κ1) is 22.0. The maximum atomic E-state index is 11.0. The van der Waals surface area contributed by atoms with E-state index in [0.717, 1.165) is 0 Å². The molecule has 0 aromatic carbocycles. The average molecular weight is 390 g/mol. The SMILES string of the molecule is O=C[C@H](OP(=O)(O)O)[C@H](O)[C@H](O)COP(=O)(O)OP(=O)(O)O. The number of aldehydes is 1. The van der Waals surface area contributed by atoms with Crippen LogP contribution in [-0.2, 0) is 31.8 Å². The molecule has 0 aromatic rings. The molecule has 0 spiro atoms. The Bertz CT molecular complexity index is 505. The summed E-state index contributed by atoms with van der Waals surface area (Å²) in [7, 11) is -15.9. The van der Waals surface area contributed by atoms with Crippen LogP contribution in [0.25, 0.3) is 0 Å². The number of aliphatic hydroxyl groups excluding tert-OH is 2. The first-order valence-electron chi connectivity index (χ1n) is 4.96. The van der Waals surface area contributed by atoms with Gasteiger partial charge in [-0.1, -0.05) is 0 Å². The summed E-state index contributed by atoms with van der Waals surface area (Å²) in [4.78, 5) is 52.9. The van der Waals surface area contributed by atoms with Gasteiger partial charge in [-0.2, -0.15) is 4.31 Å². The molecule has 0 saturated heterocycles. The predicted octanol–water partition coefficient (Wildman–Crippen LogP) is -2.39. The number of hydrogen-bond acceptors (Lipinski definition) is 9. The predicted molar refractivity (Wildman–Crippen MR) is 63.9 cm³/mol. The van der Waals surface area contributed by atoms with E-state index in [1.54, 1.807) is 0 Å². The van der Waals surface area contributed by atoms with Crippen LogP contribution in [0.15, 0.2) is 0 Å². The zero-order valence-electron chi connectivity index (χ0n) is 10.3. The van der Waals surface area contributed by atoms with Gasteiger partial charge in [0.05, 0.1) is 6.61 Å². The first-order chi connectivity index (χ1) is 9.67. The molecule has 0 fully saturated rings. The Morgan fingerprint density at radius 1 is 0.955 bits per heavy atom. The highest BCUT2D eigenvalue weighted by molar-refractivity contribution is 7.60. The number of phosphoric acid groups is 3. The summed E-state index contributed by atoms with van der Waals surface area (Å²) in [6.07, 6.45) is -6.96. The van der Waals surface area contributed by atoms with Crippen LogP contribution >= 0.6 is 23.5 Å². The summed E-state index contributed by atoms with van der Waals surface area (Å²) >= 11 is 0. The fraction of sp³-hybridized carbons (Fsp3) is 0.800. The van der Waals surface area contributed by atoms with Crippen molar-refractivity contribution in [2.75, 3.05) is 6.61 Å². The Morgan fingerprint density at radius 2 is 1.45 bits per heavy atom. The fourth-order valence-electron chi connectivity index (χ4n) is 0.972. The molecule has 0 aromatic heterocycles. The van der Waals surface area contributed by atoms with Crippen molar-refractivity contribution in [2.24, 2.45) is 0 Å². The molecular formula is C5H13O14P3. The van der Waals surface area contributed by atoms with Crippen molar-refractivity contribution in [1.29, 1.82) is 0 Å². The summed E-state index contributed by atoms with van der Waals surface area (Å²) in [5.41, 5.74) is 0. The monoisotopic (exact) mass is 390 g/mol. The van der Waals surface area contributed by atoms with Crippen LogP contribution in [0.4, 0.5) is 0 Å². The number of aliphatic hydroxyl groups is 2. The van der Waals surface area contributed by atoms with E-state index in [9.17, 15) is 28.7 Å². The maximum absolute atomic E-state index is 11.0. The number of rotatable bonds is 10. The Balaban J connectivity index is 4.67. The van der Waals surface area contributed by atoms with Crippen molar-refractivity contribution in [2.45, 2.75) is 18.3 Å². The van der Waals surface area contributed by atoms with E-state index in [1.807, 2.05) is 0 Å². The van der Waals surface area contributed by atoms with Crippen molar-refractivity contribution in [1.82, 2.24) is 0 Å². The minimum Gasteiger partial charge on any atom is -0.388 e. The quantitative estimate of drug-likeness (QED) is 0.152. The number of phosphoric ester groups is 2. The van der Waals surface area contributed by atoms with Gasteiger partial charge in [-0.3, -0.25) is 9.05 Å². The number of carbonyl (C=O) groups is 1. The minimum atomic E-state index is -5.39. The molecule has 22 heavy (non-hydrogen) atoms. The zero-order valence-corrected chi connectivity index (χ0v) is 13.0. The molecule has 0 saturated carbocycles. The highest BCUT2D eigenvalue weighted by Crippen LogP contribution is 2.57. The Morgan fingerprint density at radius 3 is 1.82 bits per heavy atom. The maximum Gasteiger partial charge on any atom is 0.481 e. The summed E-state index contributed by atoms with van der Waals surface area (Å²) < 4.78 is 43.0. The molecule has 0 radical (unpaired) electrons. The van der Waals surface area contributed by atoms with Gasteiger partial charge in [0, 0.05) is 0 Å².